The standard InChI is InChI=1S/C13H21N3O2/c1-3-14-11-9(2)13(18-8-4-7-17)16-12(15-11)10-5-6-10/h10,17H,3-8H2,1-2H3,(H,14,15,16). The van der Waals surface area contributed by atoms with Crippen LogP contribution in [-0.4, -0.2) is 34.8 Å². The van der Waals surface area contributed by atoms with Crippen molar-refractivity contribution < 1.29 is 9.84 Å². The molecule has 0 unspecified atom stereocenters. The lowest BCUT2D eigenvalue weighted by molar-refractivity contribution is 0.228. The maximum Gasteiger partial charge on any atom is 0.221 e. The Labute approximate surface area is 108 Å². The molecule has 1 aliphatic rings. The maximum atomic E-state index is 8.78. The SMILES string of the molecule is CCNc1nc(C2CC2)nc(OCCCO)c1C. The Hall–Kier alpha value is -1.36. The summed E-state index contributed by atoms with van der Waals surface area (Å²) in [5.74, 6) is 2.91. The zero-order chi connectivity index (χ0) is 13.0. The number of nitrogens with one attached hydrogen (secondary N) is 1. The fourth-order valence-electron chi connectivity index (χ4n) is 1.75. The van der Waals surface area contributed by atoms with Crippen LogP contribution in [0.1, 0.15) is 43.5 Å². The molecule has 0 bridgehead atoms. The van der Waals surface area contributed by atoms with Crippen LogP contribution in [0.3, 0.4) is 0 Å². The molecule has 0 spiro atoms. The molecule has 0 aliphatic heterocycles. The minimum atomic E-state index is 0.139. The van der Waals surface area contributed by atoms with Gasteiger partial charge in [-0.25, -0.2) is 4.98 Å². The van der Waals surface area contributed by atoms with Crippen molar-refractivity contribution in [3.05, 3.63) is 11.4 Å². The first kappa shape index (κ1) is 13.1. The molecule has 1 aromatic heterocycles. The van der Waals surface area contributed by atoms with Crippen molar-refractivity contribution in [2.24, 2.45) is 0 Å². The van der Waals surface area contributed by atoms with Crippen LogP contribution in [0, 0.1) is 6.92 Å². The van der Waals surface area contributed by atoms with Gasteiger partial charge in [-0.2, -0.15) is 4.98 Å². The molecule has 2 N–H and O–H groups in total. The van der Waals surface area contributed by atoms with Crippen molar-refractivity contribution in [3.8, 4) is 5.88 Å². The van der Waals surface area contributed by atoms with Crippen LogP contribution >= 0.6 is 0 Å². The van der Waals surface area contributed by atoms with Gasteiger partial charge in [0, 0.05) is 25.5 Å². The molecular weight excluding hydrogens is 230 g/mol. The number of rotatable bonds is 7. The number of aliphatic hydroxyl groups excluding tert-OH is 1. The van der Waals surface area contributed by atoms with Gasteiger partial charge in [0.1, 0.15) is 11.6 Å². The monoisotopic (exact) mass is 251 g/mol. The third-order valence-electron chi connectivity index (χ3n) is 2.95. The van der Waals surface area contributed by atoms with E-state index in [9.17, 15) is 0 Å². The van der Waals surface area contributed by atoms with Crippen LogP contribution in [-0.2, 0) is 0 Å². The predicted octanol–water partition coefficient (Wildman–Crippen LogP) is 1.86. The average molecular weight is 251 g/mol. The van der Waals surface area contributed by atoms with Crippen LogP contribution in [0.2, 0.25) is 0 Å². The van der Waals surface area contributed by atoms with Crippen LogP contribution < -0.4 is 10.1 Å². The van der Waals surface area contributed by atoms with Gasteiger partial charge in [0.15, 0.2) is 0 Å². The van der Waals surface area contributed by atoms with Crippen molar-refractivity contribution >= 4 is 5.82 Å². The second-order valence-electron chi connectivity index (χ2n) is 4.59. The normalized spacial score (nSPS) is 14.6. The van der Waals surface area contributed by atoms with E-state index >= 15 is 0 Å². The van der Waals surface area contributed by atoms with E-state index in [0.29, 0.717) is 24.8 Å². The Kier molecular flexibility index (Phi) is 4.36. The molecule has 2 rings (SSSR count). The van der Waals surface area contributed by atoms with E-state index in [2.05, 4.69) is 15.3 Å². The van der Waals surface area contributed by atoms with E-state index < -0.39 is 0 Å². The Morgan fingerprint density at radius 1 is 1.39 bits per heavy atom. The molecule has 1 fully saturated rings. The molecule has 1 aromatic rings. The third kappa shape index (κ3) is 3.10. The number of anilines is 1. The number of aliphatic hydroxyl groups is 1. The first-order valence-electron chi connectivity index (χ1n) is 6.62. The summed E-state index contributed by atoms with van der Waals surface area (Å²) in [5, 5.41) is 12.0. The molecule has 0 aromatic carbocycles. The van der Waals surface area contributed by atoms with Crippen LogP contribution in [0.5, 0.6) is 5.88 Å². The summed E-state index contributed by atoms with van der Waals surface area (Å²) >= 11 is 0. The van der Waals surface area contributed by atoms with Gasteiger partial charge in [-0.15, -0.1) is 0 Å². The molecule has 0 radical (unpaired) electrons. The Bertz CT molecular complexity index is 405. The Morgan fingerprint density at radius 3 is 2.78 bits per heavy atom. The van der Waals surface area contributed by atoms with E-state index in [1.165, 1.54) is 12.8 Å². The topological polar surface area (TPSA) is 67.3 Å². The fourth-order valence-corrected chi connectivity index (χ4v) is 1.75. The number of aromatic nitrogens is 2. The highest BCUT2D eigenvalue weighted by Gasteiger charge is 2.28. The van der Waals surface area contributed by atoms with Gasteiger partial charge in [0.05, 0.1) is 12.2 Å². The second-order valence-corrected chi connectivity index (χ2v) is 4.59. The van der Waals surface area contributed by atoms with Gasteiger partial charge in [-0.1, -0.05) is 0 Å². The predicted molar refractivity (Wildman–Crippen MR) is 70.1 cm³/mol. The molecule has 100 valence electrons. The van der Waals surface area contributed by atoms with Gasteiger partial charge >= 0.3 is 0 Å². The summed E-state index contributed by atoms with van der Waals surface area (Å²) in [4.78, 5) is 9.06. The van der Waals surface area contributed by atoms with Crippen molar-refractivity contribution in [2.75, 3.05) is 25.1 Å². The highest BCUT2D eigenvalue weighted by atomic mass is 16.5. The quantitative estimate of drug-likeness (QED) is 0.724. The van der Waals surface area contributed by atoms with E-state index in [1.807, 2.05) is 13.8 Å². The smallest absolute Gasteiger partial charge is 0.221 e. The summed E-state index contributed by atoms with van der Waals surface area (Å²) < 4.78 is 5.63. The molecule has 0 saturated heterocycles. The lowest BCUT2D eigenvalue weighted by Crippen LogP contribution is -2.10. The van der Waals surface area contributed by atoms with Crippen LogP contribution in [0.4, 0.5) is 5.82 Å². The van der Waals surface area contributed by atoms with E-state index in [4.69, 9.17) is 9.84 Å². The first-order chi connectivity index (χ1) is 8.76. The molecule has 5 nitrogen and oxygen atoms in total. The van der Waals surface area contributed by atoms with Gasteiger partial charge in [-0.05, 0) is 26.7 Å². The summed E-state index contributed by atoms with van der Waals surface area (Å²) in [6, 6.07) is 0. The summed E-state index contributed by atoms with van der Waals surface area (Å²) in [5.41, 5.74) is 0.944. The molecule has 1 aliphatic carbocycles. The highest BCUT2D eigenvalue weighted by Crippen LogP contribution is 2.39. The van der Waals surface area contributed by atoms with Crippen molar-refractivity contribution in [3.63, 3.8) is 0 Å². The highest BCUT2D eigenvalue weighted by molar-refractivity contribution is 5.49. The lowest BCUT2D eigenvalue weighted by Gasteiger charge is -2.13. The minimum Gasteiger partial charge on any atom is -0.477 e. The number of hydrogen-bond donors (Lipinski definition) is 2. The van der Waals surface area contributed by atoms with Gasteiger partial charge in [0.25, 0.3) is 0 Å². The van der Waals surface area contributed by atoms with Gasteiger partial charge in [0.2, 0.25) is 5.88 Å². The molecule has 5 heteroatoms. The average Bonchev–Trinajstić information content (AvgIpc) is 3.18. The third-order valence-corrected chi connectivity index (χ3v) is 2.95. The zero-order valence-corrected chi connectivity index (χ0v) is 11.1. The van der Waals surface area contributed by atoms with Gasteiger partial charge in [-0.3, -0.25) is 0 Å². The number of hydrogen-bond acceptors (Lipinski definition) is 5. The van der Waals surface area contributed by atoms with Crippen LogP contribution in [0.15, 0.2) is 0 Å². The van der Waals surface area contributed by atoms with Gasteiger partial charge < -0.3 is 15.2 Å². The molecule has 1 saturated carbocycles. The number of nitrogens with zero attached hydrogens (tertiary/aromatic N) is 2. The zero-order valence-electron chi connectivity index (χ0n) is 11.1. The maximum absolute atomic E-state index is 8.78. The van der Waals surface area contributed by atoms with Crippen LogP contribution in [0.25, 0.3) is 0 Å². The van der Waals surface area contributed by atoms with Crippen molar-refractivity contribution in [2.45, 2.75) is 39.0 Å². The lowest BCUT2D eigenvalue weighted by atomic mass is 10.3. The fraction of sp³-hybridized carbons (Fsp3) is 0.692. The Balaban J connectivity index is 2.18. The molecule has 1 heterocycles. The van der Waals surface area contributed by atoms with E-state index in [0.717, 1.165) is 23.8 Å². The second kappa shape index (κ2) is 6.00. The molecular formula is C13H21N3O2. The molecule has 0 atom stereocenters. The molecule has 18 heavy (non-hydrogen) atoms. The summed E-state index contributed by atoms with van der Waals surface area (Å²) in [7, 11) is 0. The number of ether oxygens (including phenoxy) is 1. The van der Waals surface area contributed by atoms with E-state index in [-0.39, 0.29) is 6.61 Å². The summed E-state index contributed by atoms with van der Waals surface area (Å²) in [6.07, 6.45) is 2.97. The summed E-state index contributed by atoms with van der Waals surface area (Å²) in [6.45, 7) is 5.47. The Morgan fingerprint density at radius 2 is 2.17 bits per heavy atom. The van der Waals surface area contributed by atoms with Crippen molar-refractivity contribution in [1.82, 2.24) is 9.97 Å². The first-order valence-corrected chi connectivity index (χ1v) is 6.62. The molecule has 0 amide bonds. The van der Waals surface area contributed by atoms with Crippen molar-refractivity contribution in [1.29, 1.82) is 0 Å². The largest absolute Gasteiger partial charge is 0.477 e. The van der Waals surface area contributed by atoms with E-state index in [1.54, 1.807) is 0 Å². The minimum absolute atomic E-state index is 0.139.